The van der Waals surface area contributed by atoms with Crippen LogP contribution < -0.4 is 15.5 Å². The van der Waals surface area contributed by atoms with Gasteiger partial charge in [0.2, 0.25) is 0 Å². The molecule has 0 radical (unpaired) electrons. The van der Waals surface area contributed by atoms with Gasteiger partial charge >= 0.3 is 12.2 Å². The topological polar surface area (TPSA) is 75.2 Å². The van der Waals surface area contributed by atoms with E-state index in [2.05, 4.69) is 15.0 Å². The van der Waals surface area contributed by atoms with E-state index in [4.69, 9.17) is 10.5 Å². The molecule has 1 aliphatic carbocycles. The normalized spacial score (nSPS) is 14.5. The molecule has 1 saturated carbocycles. The second-order valence-electron chi connectivity index (χ2n) is 6.82. The highest BCUT2D eigenvalue weighted by Crippen LogP contribution is 2.44. The molecule has 0 spiro atoms. The highest BCUT2D eigenvalue weighted by Gasteiger charge is 2.38. The molecule has 150 valence electrons. The molecule has 2 aromatic heterocycles. The summed E-state index contributed by atoms with van der Waals surface area (Å²) < 4.78 is 59.8. The molecule has 0 bridgehead atoms. The third kappa shape index (κ3) is 3.85. The molecule has 3 N–H and O–H groups in total. The van der Waals surface area contributed by atoms with E-state index >= 15 is 4.39 Å². The van der Waals surface area contributed by atoms with Crippen molar-refractivity contribution in [1.29, 1.82) is 0 Å². The minimum atomic E-state index is -4.64. The van der Waals surface area contributed by atoms with Gasteiger partial charge in [-0.15, -0.1) is 0 Å². The lowest BCUT2D eigenvalue weighted by Gasteiger charge is -2.27. The van der Waals surface area contributed by atoms with Crippen LogP contribution in [-0.2, 0) is 6.18 Å². The Morgan fingerprint density at radius 1 is 1.10 bits per heavy atom. The third-order valence-corrected chi connectivity index (χ3v) is 4.93. The lowest BCUT2D eigenvalue weighted by Crippen LogP contribution is -2.17. The molecule has 0 aliphatic heterocycles. The summed E-state index contributed by atoms with van der Waals surface area (Å²) in [5.41, 5.74) is 5.74. The number of anilines is 1. The van der Waals surface area contributed by atoms with Gasteiger partial charge in [-0.1, -0.05) is 18.6 Å². The highest BCUT2D eigenvalue weighted by atomic mass is 19.4. The molecule has 0 atom stereocenters. The largest absolute Gasteiger partial charge is 0.502 e. The van der Waals surface area contributed by atoms with E-state index in [1.807, 2.05) is 0 Å². The number of aromatic amines is 1. The van der Waals surface area contributed by atoms with Gasteiger partial charge in [0.15, 0.2) is 11.6 Å². The highest BCUT2D eigenvalue weighted by molar-refractivity contribution is 5.67. The number of nitrogens with one attached hydrogen (secondary N) is 1. The monoisotopic (exact) mass is 405 g/mol. The Balaban J connectivity index is 1.78. The molecular formula is C20H17F4N4O+. The Labute approximate surface area is 163 Å². The van der Waals surface area contributed by atoms with Crippen LogP contribution in [0, 0.1) is 5.82 Å². The van der Waals surface area contributed by atoms with Gasteiger partial charge in [0.25, 0.3) is 5.69 Å². The van der Waals surface area contributed by atoms with Gasteiger partial charge in [0, 0.05) is 33.9 Å². The number of nitrogens with zero attached hydrogens (tertiary/aromatic N) is 2. The first-order valence-corrected chi connectivity index (χ1v) is 9.01. The van der Waals surface area contributed by atoms with E-state index in [1.54, 1.807) is 18.2 Å². The maximum atomic E-state index is 15.4. The van der Waals surface area contributed by atoms with Crippen LogP contribution in [0.25, 0.3) is 11.1 Å². The Hall–Kier alpha value is -3.23. The summed E-state index contributed by atoms with van der Waals surface area (Å²) in [7, 11) is 0. The quantitative estimate of drug-likeness (QED) is 0.635. The molecule has 2 heterocycles. The van der Waals surface area contributed by atoms with Gasteiger partial charge < -0.3 is 10.5 Å². The second kappa shape index (κ2) is 7.31. The molecule has 0 saturated heterocycles. The van der Waals surface area contributed by atoms with E-state index in [1.165, 1.54) is 12.3 Å². The fraction of sp³-hybridized carbons (Fsp3) is 0.250. The van der Waals surface area contributed by atoms with Crippen molar-refractivity contribution in [3.05, 3.63) is 59.8 Å². The van der Waals surface area contributed by atoms with Crippen molar-refractivity contribution in [2.75, 3.05) is 5.73 Å². The summed E-state index contributed by atoms with van der Waals surface area (Å²) in [4.78, 5) is 9.90. The minimum Gasteiger partial charge on any atom is -0.385 e. The van der Waals surface area contributed by atoms with Crippen molar-refractivity contribution >= 4 is 5.82 Å². The zero-order chi connectivity index (χ0) is 20.6. The van der Waals surface area contributed by atoms with E-state index in [0.29, 0.717) is 16.9 Å². The summed E-state index contributed by atoms with van der Waals surface area (Å²) in [6.07, 6.45) is 0.564. The smallest absolute Gasteiger partial charge is 0.385 e. The van der Waals surface area contributed by atoms with Crippen molar-refractivity contribution in [3.8, 4) is 22.9 Å². The van der Waals surface area contributed by atoms with Crippen molar-refractivity contribution in [3.63, 3.8) is 0 Å². The molecule has 29 heavy (non-hydrogen) atoms. The maximum Gasteiger partial charge on any atom is 0.502 e. The lowest BCUT2D eigenvalue weighted by atomic mass is 9.79. The van der Waals surface area contributed by atoms with Gasteiger partial charge in [-0.3, -0.25) is 0 Å². The molecule has 1 aromatic carbocycles. The van der Waals surface area contributed by atoms with Crippen LogP contribution in [0.5, 0.6) is 11.8 Å². The molecule has 1 fully saturated rings. The Morgan fingerprint density at radius 2 is 1.90 bits per heavy atom. The molecule has 3 aromatic rings. The van der Waals surface area contributed by atoms with E-state index < -0.39 is 23.7 Å². The first-order chi connectivity index (χ1) is 13.8. The van der Waals surface area contributed by atoms with E-state index in [0.717, 1.165) is 31.5 Å². The van der Waals surface area contributed by atoms with Crippen LogP contribution in [0.3, 0.4) is 0 Å². The van der Waals surface area contributed by atoms with Crippen molar-refractivity contribution in [2.45, 2.75) is 31.4 Å². The number of nitrogens with two attached hydrogens (primary N) is 1. The van der Waals surface area contributed by atoms with Crippen LogP contribution in [0.1, 0.15) is 36.4 Å². The van der Waals surface area contributed by atoms with Crippen LogP contribution in [0.15, 0.2) is 42.7 Å². The lowest BCUT2D eigenvalue weighted by molar-refractivity contribution is -0.397. The number of benzene rings is 1. The van der Waals surface area contributed by atoms with Crippen LogP contribution in [0.2, 0.25) is 0 Å². The van der Waals surface area contributed by atoms with Gasteiger partial charge in [-0.05, 0) is 30.9 Å². The molecule has 0 unspecified atom stereocenters. The average Bonchev–Trinajstić information content (AvgIpc) is 2.64. The number of nitrogen functional groups attached to an aromatic ring is 1. The summed E-state index contributed by atoms with van der Waals surface area (Å²) in [5.74, 6) is -0.441. The molecule has 5 nitrogen and oxygen atoms in total. The van der Waals surface area contributed by atoms with Gasteiger partial charge in [-0.25, -0.2) is 14.4 Å². The Kier molecular flexibility index (Phi) is 4.81. The van der Waals surface area contributed by atoms with Gasteiger partial charge in [0.1, 0.15) is 5.82 Å². The van der Waals surface area contributed by atoms with Gasteiger partial charge in [-0.2, -0.15) is 13.2 Å². The Bertz CT molecular complexity index is 1030. The zero-order valence-electron chi connectivity index (χ0n) is 15.1. The number of rotatable bonds is 4. The zero-order valence-corrected chi connectivity index (χ0v) is 15.1. The van der Waals surface area contributed by atoms with E-state index in [-0.39, 0.29) is 17.2 Å². The number of aromatic nitrogens is 3. The standard InChI is InChI=1S/C20H16F4N4O/c21-17-13(12-4-7-16(25)27-10-12)5-6-14(11-2-1-3-11)18(17)29-19-26-9-8-15(28-19)20(22,23)24/h4-11H,1-3H2,(H2,25,27)/p+1. The predicted octanol–water partition coefficient (Wildman–Crippen LogP) is 4.76. The van der Waals surface area contributed by atoms with Crippen LogP contribution in [0.4, 0.5) is 23.4 Å². The fourth-order valence-corrected chi connectivity index (χ4v) is 3.18. The number of ether oxygens (including phenoxy) is 1. The third-order valence-electron chi connectivity index (χ3n) is 4.93. The van der Waals surface area contributed by atoms with Crippen LogP contribution in [-0.4, -0.2) is 9.97 Å². The van der Waals surface area contributed by atoms with Crippen LogP contribution >= 0.6 is 0 Å². The fourth-order valence-electron chi connectivity index (χ4n) is 3.18. The molecule has 4 rings (SSSR count). The molecule has 9 heteroatoms. The minimum absolute atomic E-state index is 0.0869. The van der Waals surface area contributed by atoms with Gasteiger partial charge in [0.05, 0.1) is 6.20 Å². The summed E-state index contributed by atoms with van der Waals surface area (Å²) in [6, 6.07) is 6.85. The number of hydrogen-bond donors (Lipinski definition) is 1. The van der Waals surface area contributed by atoms with Crippen molar-refractivity contribution in [1.82, 2.24) is 9.97 Å². The molecule has 0 amide bonds. The number of pyridine rings is 1. The number of halogens is 4. The summed E-state index contributed by atoms with van der Waals surface area (Å²) >= 11 is 0. The summed E-state index contributed by atoms with van der Waals surface area (Å²) in [5, 5.41) is 0. The van der Waals surface area contributed by atoms with Crippen molar-refractivity contribution < 1.29 is 27.3 Å². The van der Waals surface area contributed by atoms with E-state index in [9.17, 15) is 13.2 Å². The average molecular weight is 405 g/mol. The molecule has 1 aliphatic rings. The number of hydrogen-bond acceptors (Lipinski definition) is 4. The summed E-state index contributed by atoms with van der Waals surface area (Å²) in [6.45, 7) is 0. The SMILES string of the molecule is Nc1ccc(-c2ccc(C3CCC3)c(Oc3nc(C(F)(F)F)cc[nH+]3)c2F)cn1. The van der Waals surface area contributed by atoms with Crippen molar-refractivity contribution in [2.24, 2.45) is 0 Å². The second-order valence-corrected chi connectivity index (χ2v) is 6.82. The predicted molar refractivity (Wildman–Crippen MR) is 96.5 cm³/mol. The molecular weight excluding hydrogens is 388 g/mol. The number of alkyl halides is 3. The maximum absolute atomic E-state index is 15.4. The first kappa shape index (κ1) is 19.1. The Morgan fingerprint density at radius 3 is 2.52 bits per heavy atom. The first-order valence-electron chi connectivity index (χ1n) is 9.01. The number of H-pyrrole nitrogens is 1.